The Morgan fingerprint density at radius 3 is 1.55 bits per heavy atom. The van der Waals surface area contributed by atoms with Gasteiger partial charge in [0.2, 0.25) is 5.28 Å². The number of fused-ring (bicyclic) bond motifs is 2. The number of pyridine rings is 2. The number of hydrogen-bond donors (Lipinski definition) is 0. The monoisotopic (exact) mass is 1040 g/mol. The minimum Gasteiger partial charge on any atom is -0.399 e. The zero-order valence-electron chi connectivity index (χ0n) is 37.3. The normalized spacial score (nSPS) is 14.2. The van der Waals surface area contributed by atoms with E-state index in [1.807, 2.05) is 60.1 Å². The molecule has 1 fully saturated rings. The number of aromatic nitrogens is 8. The highest BCUT2D eigenvalue weighted by Crippen LogP contribution is 2.37. The molecular formula is C44H44B2Cl3N8O6S4. The summed E-state index contributed by atoms with van der Waals surface area (Å²) in [5.41, 5.74) is 3.12. The average Bonchev–Trinajstić information content (AvgIpc) is 3.97. The van der Waals surface area contributed by atoms with Crippen LogP contribution in [0.5, 0.6) is 0 Å². The maximum Gasteiger partial charge on any atom is 0.495 e. The van der Waals surface area contributed by atoms with Gasteiger partial charge in [0, 0.05) is 63.1 Å². The third kappa shape index (κ3) is 11.0. The molecule has 0 bridgehead atoms. The van der Waals surface area contributed by atoms with Crippen LogP contribution in [0.25, 0.3) is 33.5 Å². The Bertz CT molecular complexity index is 3280. The van der Waals surface area contributed by atoms with Gasteiger partial charge in [-0.3, -0.25) is 0 Å². The molecule has 0 N–H and O–H groups in total. The molecule has 1 saturated heterocycles. The highest BCUT2D eigenvalue weighted by atomic mass is 35.5. The Kier molecular flexibility index (Phi) is 16.0. The highest BCUT2D eigenvalue weighted by molar-refractivity contribution is 7.98. The van der Waals surface area contributed by atoms with Crippen molar-refractivity contribution >= 4 is 121 Å². The van der Waals surface area contributed by atoms with Gasteiger partial charge in [-0.25, -0.2) is 54.7 Å². The quantitative estimate of drug-likeness (QED) is 0.0609. The zero-order chi connectivity index (χ0) is 47.8. The molecule has 14 nitrogen and oxygen atoms in total. The van der Waals surface area contributed by atoms with E-state index in [2.05, 4.69) is 29.9 Å². The van der Waals surface area contributed by atoms with Gasteiger partial charge in [0.15, 0.2) is 17.1 Å². The number of thioether (sulfide) groups is 2. The van der Waals surface area contributed by atoms with Crippen molar-refractivity contribution in [1.29, 1.82) is 0 Å². The SMILES string of the molecule is CSc1cc(Cl)nc(-c2ccnc3c2ccn3S(=O)(=O)c2ccc(C)cc2)n1.CSc1cc(Cl)nc(Cl)n1.Cc1ccc(S(=O)(=O)n2ccc3c(B4OC(C)(C)C(C)(C)O4)ccnc32)cc1.[B].[HH]. The molecule has 1 aliphatic rings. The highest BCUT2D eigenvalue weighted by Gasteiger charge is 2.52. The van der Waals surface area contributed by atoms with Crippen LogP contribution in [-0.4, -0.2) is 93.9 Å². The van der Waals surface area contributed by atoms with E-state index in [9.17, 15) is 16.8 Å². The van der Waals surface area contributed by atoms with Gasteiger partial charge in [0.1, 0.15) is 20.4 Å². The van der Waals surface area contributed by atoms with Gasteiger partial charge >= 0.3 is 7.12 Å². The van der Waals surface area contributed by atoms with Crippen LogP contribution in [0.3, 0.4) is 0 Å². The molecule has 6 aromatic heterocycles. The fraction of sp³-hybridized carbons (Fsp3) is 0.227. The number of benzene rings is 2. The van der Waals surface area contributed by atoms with Gasteiger partial charge in [-0.1, -0.05) is 58.6 Å². The second-order valence-electron chi connectivity index (χ2n) is 15.7. The van der Waals surface area contributed by atoms with Crippen LogP contribution in [0.15, 0.2) is 130 Å². The van der Waals surface area contributed by atoms with Crippen LogP contribution in [0.1, 0.15) is 40.2 Å². The summed E-state index contributed by atoms with van der Waals surface area (Å²) >= 11 is 20.1. The van der Waals surface area contributed by atoms with E-state index in [1.165, 1.54) is 43.9 Å². The first-order chi connectivity index (χ1) is 31.1. The van der Waals surface area contributed by atoms with Crippen LogP contribution in [0, 0.1) is 13.8 Å². The molecule has 1 aliphatic heterocycles. The second kappa shape index (κ2) is 20.6. The molecule has 8 aromatic rings. The first-order valence-electron chi connectivity index (χ1n) is 19.9. The van der Waals surface area contributed by atoms with E-state index in [0.717, 1.165) is 26.6 Å². The second-order valence-corrected chi connectivity index (χ2v) is 22.1. The molecule has 2 aromatic carbocycles. The Hall–Kier alpha value is -4.50. The van der Waals surface area contributed by atoms with E-state index in [-0.39, 0.29) is 24.9 Å². The minimum atomic E-state index is -3.78. The maximum absolute atomic E-state index is 13.1. The van der Waals surface area contributed by atoms with E-state index >= 15 is 0 Å². The third-order valence-electron chi connectivity index (χ3n) is 10.8. The lowest BCUT2D eigenvalue weighted by Gasteiger charge is -2.32. The molecule has 67 heavy (non-hydrogen) atoms. The summed E-state index contributed by atoms with van der Waals surface area (Å²) in [5.74, 6) is 0.426. The van der Waals surface area contributed by atoms with Gasteiger partial charge in [-0.2, -0.15) is 0 Å². The number of nitrogens with zero attached hydrogens (tertiary/aromatic N) is 8. The first kappa shape index (κ1) is 51.9. The fourth-order valence-electron chi connectivity index (χ4n) is 6.55. The molecule has 9 rings (SSSR count). The summed E-state index contributed by atoms with van der Waals surface area (Å²) in [6.45, 7) is 11.8. The molecule has 0 atom stereocenters. The molecule has 347 valence electrons. The largest absolute Gasteiger partial charge is 0.495 e. The zero-order valence-corrected chi connectivity index (χ0v) is 42.9. The van der Waals surface area contributed by atoms with Crippen molar-refractivity contribution in [2.24, 2.45) is 0 Å². The predicted molar refractivity (Wildman–Crippen MR) is 272 cm³/mol. The van der Waals surface area contributed by atoms with Gasteiger partial charge in [-0.15, -0.1) is 23.5 Å². The van der Waals surface area contributed by atoms with Crippen molar-refractivity contribution < 1.29 is 27.6 Å². The summed E-state index contributed by atoms with van der Waals surface area (Å²) in [5, 5.41) is 3.73. The lowest BCUT2D eigenvalue weighted by atomic mass is 9.78. The Morgan fingerprint density at radius 1 is 0.612 bits per heavy atom. The minimum absolute atomic E-state index is 0. The summed E-state index contributed by atoms with van der Waals surface area (Å²) in [4.78, 5) is 25.4. The summed E-state index contributed by atoms with van der Waals surface area (Å²) in [6.07, 6.45) is 9.95. The van der Waals surface area contributed by atoms with Crippen molar-refractivity contribution in [2.75, 3.05) is 12.5 Å². The Balaban J connectivity index is 0.000000207. The number of hydrogen-bond acceptors (Lipinski definition) is 14. The molecular weight excluding hydrogens is 993 g/mol. The van der Waals surface area contributed by atoms with E-state index < -0.39 is 38.4 Å². The van der Waals surface area contributed by atoms with Crippen LogP contribution >= 0.6 is 58.3 Å². The van der Waals surface area contributed by atoms with E-state index in [4.69, 9.17) is 44.1 Å². The van der Waals surface area contributed by atoms with Crippen molar-refractivity contribution in [3.63, 3.8) is 0 Å². The molecule has 0 spiro atoms. The Morgan fingerprint density at radius 2 is 1.06 bits per heavy atom. The Labute approximate surface area is 416 Å². The summed E-state index contributed by atoms with van der Waals surface area (Å²) < 4.78 is 67.1. The molecule has 23 heteroatoms. The van der Waals surface area contributed by atoms with Crippen molar-refractivity contribution in [3.8, 4) is 11.4 Å². The molecule has 7 heterocycles. The molecule has 0 amide bonds. The smallest absolute Gasteiger partial charge is 0.399 e. The van der Waals surface area contributed by atoms with Crippen LogP contribution in [0.2, 0.25) is 15.6 Å². The van der Waals surface area contributed by atoms with Crippen molar-refractivity contribution in [1.82, 2.24) is 37.8 Å². The average molecular weight is 1040 g/mol. The summed E-state index contributed by atoms with van der Waals surface area (Å²) in [7, 11) is -8.12. The summed E-state index contributed by atoms with van der Waals surface area (Å²) in [6, 6.07) is 23.8. The topological polar surface area (TPSA) is 174 Å². The molecule has 0 saturated carbocycles. The first-order valence-corrected chi connectivity index (χ1v) is 26.4. The molecule has 3 radical (unpaired) electrons. The standard InChI is InChI=1S/C20H23BN2O4S.C19H15ClN4O2S2.C5H4Cl2N2S.B.H2/c1-14-6-8-15(9-7-14)28(24,25)23-13-11-16-17(10-12-22-18(16)23)21-26-19(2,3)20(4,5)27-21;1-12-3-5-13(6-4-12)28(25,26)24-10-8-15-14(7-9-21-19(15)24)18-22-16(20)11-17(23-18)27-2;1-10-4-2-3(6)8-5(7)9-4;;/h6-13H,1-5H3;3-11H,1-2H3;2H,1H3;;1H. The number of halogens is 3. The van der Waals surface area contributed by atoms with Crippen LogP contribution in [-0.2, 0) is 29.4 Å². The number of rotatable bonds is 8. The van der Waals surface area contributed by atoms with Crippen molar-refractivity contribution in [2.45, 2.75) is 72.6 Å². The fourth-order valence-corrected chi connectivity index (χ4v) is 10.7. The lowest BCUT2D eigenvalue weighted by Crippen LogP contribution is -2.41. The van der Waals surface area contributed by atoms with Gasteiger partial charge in [-0.05, 0) is 120 Å². The maximum atomic E-state index is 13.1. The van der Waals surface area contributed by atoms with Crippen LogP contribution < -0.4 is 5.46 Å². The van der Waals surface area contributed by atoms with Crippen molar-refractivity contribution in [3.05, 3.63) is 136 Å². The van der Waals surface area contributed by atoms with Crippen LogP contribution in [0.4, 0.5) is 0 Å². The van der Waals surface area contributed by atoms with E-state index in [0.29, 0.717) is 43.8 Å². The molecule has 0 aliphatic carbocycles. The third-order valence-corrected chi connectivity index (χ3v) is 16.0. The predicted octanol–water partition coefficient (Wildman–Crippen LogP) is 9.67. The molecule has 0 unspecified atom stereocenters. The van der Waals surface area contributed by atoms with E-state index in [1.54, 1.807) is 91.3 Å². The lowest BCUT2D eigenvalue weighted by molar-refractivity contribution is 0.00578. The van der Waals surface area contributed by atoms with Gasteiger partial charge in [0.05, 0.1) is 21.0 Å². The van der Waals surface area contributed by atoms with Gasteiger partial charge in [0.25, 0.3) is 20.0 Å². The number of aryl methyl sites for hydroxylation is 2. The van der Waals surface area contributed by atoms with Gasteiger partial charge < -0.3 is 9.31 Å².